The molecule has 0 atom stereocenters. The van der Waals surface area contributed by atoms with E-state index in [0.29, 0.717) is 22.6 Å². The van der Waals surface area contributed by atoms with E-state index < -0.39 is 5.91 Å². The molecule has 0 saturated carbocycles. The summed E-state index contributed by atoms with van der Waals surface area (Å²) in [6.45, 7) is -0.0170. The van der Waals surface area contributed by atoms with Gasteiger partial charge in [0.1, 0.15) is 5.75 Å². The van der Waals surface area contributed by atoms with Crippen LogP contribution in [0.15, 0.2) is 48.5 Å². The summed E-state index contributed by atoms with van der Waals surface area (Å²) in [5, 5.41) is 16.8. The summed E-state index contributed by atoms with van der Waals surface area (Å²) < 4.78 is 5.16. The number of carbonyl (C=O) groups is 2. The van der Waals surface area contributed by atoms with Crippen LogP contribution in [0, 0.1) is 0 Å². The molecule has 0 spiro atoms. The molecular weight excluding hydrogens is 354 g/mol. The highest BCUT2D eigenvalue weighted by molar-refractivity contribution is 7.80. The first-order valence-electron chi connectivity index (χ1n) is 7.80. The van der Waals surface area contributed by atoms with E-state index in [2.05, 4.69) is 16.0 Å². The van der Waals surface area contributed by atoms with Gasteiger partial charge in [-0.15, -0.1) is 0 Å². The molecule has 0 saturated heterocycles. The number of ether oxygens (including phenoxy) is 1. The monoisotopic (exact) mass is 373 g/mol. The number of carbonyl (C=O) groups excluding carboxylic acids is 2. The van der Waals surface area contributed by atoms with Crippen LogP contribution in [-0.4, -0.2) is 42.3 Å². The largest absolute Gasteiger partial charge is 0.496 e. The Balaban J connectivity index is 2.08. The molecule has 0 radical (unpaired) electrons. The number of amides is 2. The zero-order valence-corrected chi connectivity index (χ0v) is 14.9. The molecular formula is C18H19N3O4S. The number of aliphatic hydroxyl groups is 1. The van der Waals surface area contributed by atoms with Crippen molar-refractivity contribution in [2.24, 2.45) is 0 Å². The maximum Gasteiger partial charge on any atom is 0.261 e. The molecule has 0 aromatic heterocycles. The van der Waals surface area contributed by atoms with Crippen molar-refractivity contribution in [2.45, 2.75) is 0 Å². The first-order chi connectivity index (χ1) is 12.6. The molecule has 7 nitrogen and oxygen atoms in total. The van der Waals surface area contributed by atoms with E-state index in [1.165, 1.54) is 7.11 Å². The van der Waals surface area contributed by atoms with Gasteiger partial charge in [0, 0.05) is 6.54 Å². The lowest BCUT2D eigenvalue weighted by Gasteiger charge is -2.14. The number of methoxy groups -OCH3 is 1. The molecule has 2 aromatic rings. The van der Waals surface area contributed by atoms with Gasteiger partial charge in [0.05, 0.1) is 30.5 Å². The van der Waals surface area contributed by atoms with Crippen molar-refractivity contribution < 1.29 is 19.4 Å². The summed E-state index contributed by atoms with van der Waals surface area (Å²) in [6, 6.07) is 13.5. The molecule has 2 amide bonds. The predicted molar refractivity (Wildman–Crippen MR) is 103 cm³/mol. The number of rotatable bonds is 6. The fourth-order valence-electron chi connectivity index (χ4n) is 2.21. The average Bonchev–Trinajstić information content (AvgIpc) is 2.66. The third-order valence-electron chi connectivity index (χ3n) is 3.40. The Morgan fingerprint density at radius 3 is 2.38 bits per heavy atom. The highest BCUT2D eigenvalue weighted by Gasteiger charge is 2.15. The molecule has 2 rings (SSSR count). The molecule has 26 heavy (non-hydrogen) atoms. The highest BCUT2D eigenvalue weighted by atomic mass is 32.1. The Morgan fingerprint density at radius 1 is 1.04 bits per heavy atom. The fraction of sp³-hybridized carbons (Fsp3) is 0.167. The van der Waals surface area contributed by atoms with Crippen LogP contribution in [0.5, 0.6) is 5.75 Å². The number of para-hydroxylation sites is 2. The van der Waals surface area contributed by atoms with Crippen LogP contribution in [0.1, 0.15) is 20.7 Å². The summed E-state index contributed by atoms with van der Waals surface area (Å²) in [5.41, 5.74) is 1.12. The van der Waals surface area contributed by atoms with Gasteiger partial charge in [0.15, 0.2) is 5.11 Å². The van der Waals surface area contributed by atoms with Crippen molar-refractivity contribution in [1.82, 2.24) is 10.6 Å². The second-order valence-corrected chi connectivity index (χ2v) is 5.54. The molecule has 0 bridgehead atoms. The molecule has 136 valence electrons. The minimum atomic E-state index is -0.429. The van der Waals surface area contributed by atoms with E-state index >= 15 is 0 Å². The number of nitrogens with one attached hydrogen (secondary N) is 3. The lowest BCUT2D eigenvalue weighted by molar-refractivity contribution is 0.0944. The minimum Gasteiger partial charge on any atom is -0.496 e. The summed E-state index contributed by atoms with van der Waals surface area (Å²) in [7, 11) is 1.48. The van der Waals surface area contributed by atoms with Gasteiger partial charge in [-0.05, 0) is 36.5 Å². The minimum absolute atomic E-state index is 0.0447. The van der Waals surface area contributed by atoms with Crippen LogP contribution in [0.4, 0.5) is 5.69 Å². The first-order valence-corrected chi connectivity index (χ1v) is 8.21. The highest BCUT2D eigenvalue weighted by Crippen LogP contribution is 2.18. The van der Waals surface area contributed by atoms with E-state index in [0.717, 1.165) is 0 Å². The van der Waals surface area contributed by atoms with Crippen LogP contribution in [-0.2, 0) is 0 Å². The lowest BCUT2D eigenvalue weighted by Crippen LogP contribution is -2.35. The number of benzene rings is 2. The lowest BCUT2D eigenvalue weighted by atomic mass is 10.1. The standard InChI is InChI=1S/C18H19N3O4S/c1-25-15-9-5-3-7-13(15)17(24)21-18(26)20-14-8-4-2-6-12(14)16(23)19-10-11-22/h2-9,22H,10-11H2,1H3,(H,19,23)(H2,20,21,24,26). The van der Waals surface area contributed by atoms with E-state index in [-0.39, 0.29) is 24.2 Å². The molecule has 0 fully saturated rings. The van der Waals surface area contributed by atoms with E-state index in [1.54, 1.807) is 48.5 Å². The van der Waals surface area contributed by atoms with Crippen LogP contribution < -0.4 is 20.7 Å². The molecule has 0 aliphatic heterocycles. The van der Waals surface area contributed by atoms with Gasteiger partial charge in [-0.3, -0.25) is 14.9 Å². The summed E-state index contributed by atoms with van der Waals surface area (Å²) >= 11 is 5.17. The Kier molecular flexibility index (Phi) is 7.07. The molecule has 8 heteroatoms. The van der Waals surface area contributed by atoms with Crippen molar-refractivity contribution in [3.05, 3.63) is 59.7 Å². The second kappa shape index (κ2) is 9.50. The van der Waals surface area contributed by atoms with Gasteiger partial charge >= 0.3 is 0 Å². The van der Waals surface area contributed by atoms with Crippen molar-refractivity contribution in [2.75, 3.05) is 25.6 Å². The molecule has 4 N–H and O–H groups in total. The van der Waals surface area contributed by atoms with Crippen LogP contribution >= 0.6 is 12.2 Å². The smallest absolute Gasteiger partial charge is 0.261 e. The Bertz CT molecular complexity index is 811. The molecule has 0 aliphatic rings. The number of aliphatic hydroxyl groups excluding tert-OH is 1. The summed E-state index contributed by atoms with van der Waals surface area (Å²) in [6.07, 6.45) is 0. The Morgan fingerprint density at radius 2 is 1.69 bits per heavy atom. The summed E-state index contributed by atoms with van der Waals surface area (Å²) in [5.74, 6) is -0.361. The van der Waals surface area contributed by atoms with Gasteiger partial charge in [-0.25, -0.2) is 0 Å². The third kappa shape index (κ3) is 5.01. The first kappa shape index (κ1) is 19.4. The van der Waals surface area contributed by atoms with Crippen LogP contribution in [0.2, 0.25) is 0 Å². The van der Waals surface area contributed by atoms with Crippen LogP contribution in [0.3, 0.4) is 0 Å². The number of hydrogen-bond acceptors (Lipinski definition) is 5. The third-order valence-corrected chi connectivity index (χ3v) is 3.60. The van der Waals surface area contributed by atoms with Crippen molar-refractivity contribution >= 4 is 34.8 Å². The predicted octanol–water partition coefficient (Wildman–Crippen LogP) is 1.54. The average molecular weight is 373 g/mol. The van der Waals surface area contributed by atoms with E-state index in [9.17, 15) is 9.59 Å². The van der Waals surface area contributed by atoms with Gasteiger partial charge in [-0.1, -0.05) is 24.3 Å². The number of hydrogen-bond donors (Lipinski definition) is 4. The number of anilines is 1. The zero-order chi connectivity index (χ0) is 18.9. The quantitative estimate of drug-likeness (QED) is 0.574. The van der Waals surface area contributed by atoms with Crippen molar-refractivity contribution in [3.8, 4) is 5.75 Å². The fourth-order valence-corrected chi connectivity index (χ4v) is 2.41. The normalized spacial score (nSPS) is 9.92. The Labute approximate surface area is 156 Å². The second-order valence-electron chi connectivity index (χ2n) is 5.13. The molecule has 0 heterocycles. The van der Waals surface area contributed by atoms with Gasteiger partial charge in [-0.2, -0.15) is 0 Å². The SMILES string of the molecule is COc1ccccc1C(=O)NC(=S)Nc1ccccc1C(=O)NCCO. The molecule has 0 unspecified atom stereocenters. The van der Waals surface area contributed by atoms with Crippen LogP contribution in [0.25, 0.3) is 0 Å². The van der Waals surface area contributed by atoms with Gasteiger partial charge in [0.2, 0.25) is 0 Å². The van der Waals surface area contributed by atoms with E-state index in [4.69, 9.17) is 22.1 Å². The van der Waals surface area contributed by atoms with Gasteiger partial charge < -0.3 is 20.5 Å². The van der Waals surface area contributed by atoms with Gasteiger partial charge in [0.25, 0.3) is 11.8 Å². The molecule has 0 aliphatic carbocycles. The molecule has 2 aromatic carbocycles. The topological polar surface area (TPSA) is 99.7 Å². The van der Waals surface area contributed by atoms with Crippen molar-refractivity contribution in [3.63, 3.8) is 0 Å². The Hall–Kier alpha value is -2.97. The van der Waals surface area contributed by atoms with Crippen molar-refractivity contribution in [1.29, 1.82) is 0 Å². The zero-order valence-electron chi connectivity index (χ0n) is 14.1. The number of thiocarbonyl (C=S) groups is 1. The summed E-state index contributed by atoms with van der Waals surface area (Å²) in [4.78, 5) is 24.5. The maximum absolute atomic E-state index is 12.4. The van der Waals surface area contributed by atoms with E-state index in [1.807, 2.05) is 0 Å². The maximum atomic E-state index is 12.4.